The highest BCUT2D eigenvalue weighted by Gasteiger charge is 2.39. The maximum absolute atomic E-state index is 13.6. The zero-order valence-electron chi connectivity index (χ0n) is 18.1. The molecule has 1 heterocycles. The number of benzene rings is 3. The monoisotopic (exact) mass is 450 g/mol. The molecule has 7 heteroatoms. The predicted octanol–water partition coefficient (Wildman–Crippen LogP) is 4.01. The number of rotatable bonds is 6. The second-order valence-electron chi connectivity index (χ2n) is 7.71. The van der Waals surface area contributed by atoms with Gasteiger partial charge in [0.15, 0.2) is 0 Å². The first-order valence-corrected chi connectivity index (χ1v) is 12.0. The highest BCUT2D eigenvalue weighted by Crippen LogP contribution is 2.30. The van der Waals surface area contributed by atoms with Crippen molar-refractivity contribution in [1.82, 2.24) is 4.31 Å². The van der Waals surface area contributed by atoms with Gasteiger partial charge in [-0.2, -0.15) is 4.31 Å². The van der Waals surface area contributed by atoms with Crippen LogP contribution in [0.3, 0.4) is 0 Å². The van der Waals surface area contributed by atoms with E-state index in [0.717, 1.165) is 23.1 Å². The summed E-state index contributed by atoms with van der Waals surface area (Å²) in [6, 6.07) is 20.6. The van der Waals surface area contributed by atoms with E-state index in [1.54, 1.807) is 12.1 Å². The van der Waals surface area contributed by atoms with Crippen molar-refractivity contribution in [3.8, 4) is 5.75 Å². The fourth-order valence-corrected chi connectivity index (χ4v) is 5.59. The molecule has 32 heavy (non-hydrogen) atoms. The number of sulfonamides is 1. The third-order valence-corrected chi connectivity index (χ3v) is 7.70. The Morgan fingerprint density at radius 2 is 1.66 bits per heavy atom. The lowest BCUT2D eigenvalue weighted by Crippen LogP contribution is -2.50. The fourth-order valence-electron chi connectivity index (χ4n) is 4.02. The summed E-state index contributed by atoms with van der Waals surface area (Å²) < 4.78 is 33.6. The first kappa shape index (κ1) is 22.0. The van der Waals surface area contributed by atoms with E-state index in [4.69, 9.17) is 4.74 Å². The van der Waals surface area contributed by atoms with Gasteiger partial charge in [0, 0.05) is 12.2 Å². The van der Waals surface area contributed by atoms with Crippen LogP contribution in [0.5, 0.6) is 5.75 Å². The first-order valence-electron chi connectivity index (χ1n) is 10.6. The number of hydrogen-bond acceptors (Lipinski definition) is 4. The number of fused-ring (bicyclic) bond motifs is 1. The van der Waals surface area contributed by atoms with Gasteiger partial charge in [0.05, 0.1) is 12.0 Å². The molecule has 0 radical (unpaired) electrons. The van der Waals surface area contributed by atoms with Crippen molar-refractivity contribution >= 4 is 21.6 Å². The lowest BCUT2D eigenvalue weighted by atomic mass is 9.95. The first-order chi connectivity index (χ1) is 15.4. The van der Waals surface area contributed by atoms with E-state index in [1.807, 2.05) is 55.5 Å². The van der Waals surface area contributed by atoms with Crippen molar-refractivity contribution in [3.63, 3.8) is 0 Å². The number of carbonyl (C=O) groups is 1. The molecular weight excluding hydrogens is 424 g/mol. The van der Waals surface area contributed by atoms with Gasteiger partial charge in [0.25, 0.3) is 0 Å². The molecular formula is C25H26N2O4S. The van der Waals surface area contributed by atoms with E-state index in [2.05, 4.69) is 5.32 Å². The number of carbonyl (C=O) groups excluding carboxylic acids is 1. The molecule has 1 aliphatic rings. The molecule has 166 valence electrons. The fraction of sp³-hybridized carbons (Fsp3) is 0.240. The molecule has 0 bridgehead atoms. The molecule has 1 aliphatic heterocycles. The zero-order chi connectivity index (χ0) is 22.7. The number of amides is 1. The molecule has 0 aromatic heterocycles. The molecule has 1 atom stereocenters. The number of nitrogens with zero attached hydrogens (tertiary/aromatic N) is 1. The smallest absolute Gasteiger partial charge is 0.244 e. The van der Waals surface area contributed by atoms with E-state index in [1.165, 1.54) is 23.5 Å². The Morgan fingerprint density at radius 1 is 1.00 bits per heavy atom. The van der Waals surface area contributed by atoms with Crippen LogP contribution in [0, 0.1) is 0 Å². The minimum Gasteiger partial charge on any atom is -0.497 e. The second kappa shape index (κ2) is 9.14. The summed E-state index contributed by atoms with van der Waals surface area (Å²) in [4.78, 5) is 13.5. The number of ether oxygens (including phenoxy) is 1. The van der Waals surface area contributed by atoms with E-state index in [-0.39, 0.29) is 17.3 Å². The van der Waals surface area contributed by atoms with Crippen molar-refractivity contribution in [2.45, 2.75) is 37.2 Å². The number of hydrogen-bond donors (Lipinski definition) is 1. The molecule has 0 saturated carbocycles. The lowest BCUT2D eigenvalue weighted by molar-refractivity contribution is -0.120. The van der Waals surface area contributed by atoms with Crippen LogP contribution in [0.1, 0.15) is 23.6 Å². The number of aryl methyl sites for hydroxylation is 1. The van der Waals surface area contributed by atoms with Crippen molar-refractivity contribution in [2.75, 3.05) is 12.4 Å². The van der Waals surface area contributed by atoms with Crippen LogP contribution in [-0.4, -0.2) is 31.8 Å². The number of para-hydroxylation sites is 1. The Hall–Kier alpha value is -3.16. The summed E-state index contributed by atoms with van der Waals surface area (Å²) in [5.41, 5.74) is 3.60. The molecule has 3 aromatic rings. The molecule has 4 rings (SSSR count). The van der Waals surface area contributed by atoms with E-state index in [0.29, 0.717) is 17.9 Å². The summed E-state index contributed by atoms with van der Waals surface area (Å²) in [6.45, 7) is 2.15. The average molecular weight is 451 g/mol. The molecule has 6 nitrogen and oxygen atoms in total. The Morgan fingerprint density at radius 3 is 2.34 bits per heavy atom. The van der Waals surface area contributed by atoms with Crippen LogP contribution in [0.25, 0.3) is 0 Å². The Bertz CT molecular complexity index is 1220. The Balaban J connectivity index is 1.71. The SMILES string of the molecule is CCc1ccccc1NC(=O)C1Cc2ccccc2CN1S(=O)(=O)c1ccc(OC)cc1. The van der Waals surface area contributed by atoms with Crippen LogP contribution in [0.4, 0.5) is 5.69 Å². The van der Waals surface area contributed by atoms with Gasteiger partial charge in [-0.1, -0.05) is 49.4 Å². The summed E-state index contributed by atoms with van der Waals surface area (Å²) in [6.07, 6.45) is 1.07. The largest absolute Gasteiger partial charge is 0.497 e. The van der Waals surface area contributed by atoms with Gasteiger partial charge in [-0.3, -0.25) is 4.79 Å². The van der Waals surface area contributed by atoms with Gasteiger partial charge in [-0.25, -0.2) is 8.42 Å². The minimum absolute atomic E-state index is 0.129. The average Bonchev–Trinajstić information content (AvgIpc) is 2.83. The Labute approximate surface area is 188 Å². The maximum atomic E-state index is 13.6. The standard InChI is InChI=1S/C25H26N2O4S/c1-3-18-8-6-7-11-23(18)26-25(28)24-16-19-9-4-5-10-20(19)17-27(24)32(29,30)22-14-12-21(31-2)13-15-22/h4-15,24H,3,16-17H2,1-2H3,(H,26,28). The van der Waals surface area contributed by atoms with Crippen LogP contribution >= 0.6 is 0 Å². The molecule has 1 amide bonds. The van der Waals surface area contributed by atoms with Gasteiger partial charge in [-0.15, -0.1) is 0 Å². The van der Waals surface area contributed by atoms with Crippen LogP contribution in [0.15, 0.2) is 77.7 Å². The number of anilines is 1. The molecule has 1 unspecified atom stereocenters. The lowest BCUT2D eigenvalue weighted by Gasteiger charge is -2.35. The van der Waals surface area contributed by atoms with Gasteiger partial charge < -0.3 is 10.1 Å². The number of methoxy groups -OCH3 is 1. The third-order valence-electron chi connectivity index (χ3n) is 5.83. The molecule has 0 fully saturated rings. The summed E-state index contributed by atoms with van der Waals surface area (Å²) in [7, 11) is -2.39. The van der Waals surface area contributed by atoms with Crippen molar-refractivity contribution in [1.29, 1.82) is 0 Å². The third kappa shape index (κ3) is 4.26. The van der Waals surface area contributed by atoms with Crippen molar-refractivity contribution in [2.24, 2.45) is 0 Å². The Kier molecular flexibility index (Phi) is 6.30. The predicted molar refractivity (Wildman–Crippen MR) is 124 cm³/mol. The van der Waals surface area contributed by atoms with Crippen LogP contribution in [0.2, 0.25) is 0 Å². The quantitative estimate of drug-likeness (QED) is 0.616. The molecule has 1 N–H and O–H groups in total. The van der Waals surface area contributed by atoms with Crippen LogP contribution < -0.4 is 10.1 Å². The van der Waals surface area contributed by atoms with Gasteiger partial charge in [0.2, 0.25) is 15.9 Å². The van der Waals surface area contributed by atoms with Gasteiger partial charge in [0.1, 0.15) is 11.8 Å². The summed E-state index contributed by atoms with van der Waals surface area (Å²) in [5, 5.41) is 2.97. The summed E-state index contributed by atoms with van der Waals surface area (Å²) >= 11 is 0. The van der Waals surface area contributed by atoms with Gasteiger partial charge in [-0.05, 0) is 59.9 Å². The molecule has 0 saturated heterocycles. The minimum atomic E-state index is -3.91. The van der Waals surface area contributed by atoms with E-state index >= 15 is 0 Å². The van der Waals surface area contributed by atoms with Crippen molar-refractivity contribution < 1.29 is 17.9 Å². The van der Waals surface area contributed by atoms with Crippen molar-refractivity contribution in [3.05, 3.63) is 89.5 Å². The van der Waals surface area contributed by atoms with Crippen LogP contribution in [-0.2, 0) is 34.2 Å². The van der Waals surface area contributed by atoms with E-state index < -0.39 is 16.1 Å². The van der Waals surface area contributed by atoms with E-state index in [9.17, 15) is 13.2 Å². The topological polar surface area (TPSA) is 75.7 Å². The zero-order valence-corrected chi connectivity index (χ0v) is 18.9. The van der Waals surface area contributed by atoms with Gasteiger partial charge >= 0.3 is 0 Å². The highest BCUT2D eigenvalue weighted by atomic mass is 32.2. The molecule has 3 aromatic carbocycles. The molecule has 0 aliphatic carbocycles. The normalized spacial score (nSPS) is 16.2. The number of nitrogens with one attached hydrogen (secondary N) is 1. The molecule has 0 spiro atoms. The maximum Gasteiger partial charge on any atom is 0.244 e. The highest BCUT2D eigenvalue weighted by molar-refractivity contribution is 7.89. The second-order valence-corrected chi connectivity index (χ2v) is 9.60. The summed E-state index contributed by atoms with van der Waals surface area (Å²) in [5.74, 6) is 0.232.